The maximum Gasteiger partial charge on any atom is 0.218 e. The number of benzene rings is 3. The highest BCUT2D eigenvalue weighted by Gasteiger charge is 2.24. The summed E-state index contributed by atoms with van der Waals surface area (Å²) < 4.78 is 5.44. The Hall–Kier alpha value is -3.57. The molecule has 0 aliphatic heterocycles. The molecule has 4 aromatic rings. The fourth-order valence-electron chi connectivity index (χ4n) is 3.83. The number of halogens is 1. The molecule has 0 N–H and O–H groups in total. The van der Waals surface area contributed by atoms with Crippen LogP contribution in [0.25, 0.3) is 11.3 Å². The third-order valence-corrected chi connectivity index (χ3v) is 5.59. The first-order valence-electron chi connectivity index (χ1n) is 10.4. The number of carbonyl (C=O) groups is 1. The molecule has 0 aliphatic rings. The van der Waals surface area contributed by atoms with Gasteiger partial charge in [0.25, 0.3) is 0 Å². The molecular weight excluding hydrogens is 422 g/mol. The van der Waals surface area contributed by atoms with Gasteiger partial charge in [-0.15, -0.1) is 0 Å². The van der Waals surface area contributed by atoms with Crippen LogP contribution in [0.3, 0.4) is 0 Å². The molecule has 0 saturated carbocycles. The number of rotatable bonds is 7. The largest absolute Gasteiger partial charge is 0.359 e. The predicted molar refractivity (Wildman–Crippen MR) is 130 cm³/mol. The Balaban J connectivity index is 1.72. The van der Waals surface area contributed by atoms with Crippen molar-refractivity contribution in [1.82, 2.24) is 5.16 Å². The highest BCUT2D eigenvalue weighted by atomic mass is 35.5. The molecule has 1 amide bonds. The van der Waals surface area contributed by atoms with Gasteiger partial charge >= 0.3 is 0 Å². The summed E-state index contributed by atoms with van der Waals surface area (Å²) in [6, 6.07) is 25.7. The summed E-state index contributed by atoms with van der Waals surface area (Å²) >= 11 is 6.38. The number of aryl methyl sites for hydroxylation is 1. The van der Waals surface area contributed by atoms with Gasteiger partial charge in [-0.05, 0) is 63.2 Å². The Morgan fingerprint density at radius 3 is 2.09 bits per heavy atom. The Bertz CT molecular complexity index is 1200. The SMILES string of the molecule is Cc1onc(-c2ccccc2Cl)c1N(C=O)c1ccc(N(c2ccccc2)C(C)C)cc1. The predicted octanol–water partition coefficient (Wildman–Crippen LogP) is 7.14. The molecule has 0 saturated heterocycles. The average Bonchev–Trinajstić information content (AvgIpc) is 3.17. The van der Waals surface area contributed by atoms with Crippen LogP contribution in [0, 0.1) is 6.92 Å². The van der Waals surface area contributed by atoms with Crippen LogP contribution >= 0.6 is 11.6 Å². The number of para-hydroxylation sites is 1. The zero-order valence-corrected chi connectivity index (χ0v) is 19.0. The number of nitrogens with zero attached hydrogens (tertiary/aromatic N) is 3. The summed E-state index contributed by atoms with van der Waals surface area (Å²) in [5.74, 6) is 0.532. The number of anilines is 4. The second-order valence-corrected chi connectivity index (χ2v) is 8.11. The fourth-order valence-corrected chi connectivity index (χ4v) is 4.06. The molecule has 3 aromatic carbocycles. The van der Waals surface area contributed by atoms with Crippen LogP contribution < -0.4 is 9.80 Å². The minimum atomic E-state index is 0.262. The molecule has 4 rings (SSSR count). The van der Waals surface area contributed by atoms with Crippen molar-refractivity contribution in [3.05, 3.63) is 89.6 Å². The maximum atomic E-state index is 12.2. The summed E-state index contributed by atoms with van der Waals surface area (Å²) in [5, 5.41) is 4.72. The second kappa shape index (κ2) is 9.28. The number of aromatic nitrogens is 1. The minimum absolute atomic E-state index is 0.262. The quantitative estimate of drug-likeness (QED) is 0.283. The van der Waals surface area contributed by atoms with Gasteiger partial charge in [0.1, 0.15) is 11.4 Å². The summed E-state index contributed by atoms with van der Waals surface area (Å²) in [7, 11) is 0. The third kappa shape index (κ3) is 4.12. The number of amides is 1. The molecule has 0 bridgehead atoms. The van der Waals surface area contributed by atoms with E-state index in [1.165, 1.54) is 4.90 Å². The topological polar surface area (TPSA) is 49.6 Å². The minimum Gasteiger partial charge on any atom is -0.359 e. The van der Waals surface area contributed by atoms with Crippen molar-refractivity contribution < 1.29 is 9.32 Å². The van der Waals surface area contributed by atoms with Crippen molar-refractivity contribution in [3.63, 3.8) is 0 Å². The van der Waals surface area contributed by atoms with Crippen LogP contribution in [0.15, 0.2) is 83.4 Å². The molecule has 0 atom stereocenters. The molecule has 0 unspecified atom stereocenters. The molecule has 0 spiro atoms. The summed E-state index contributed by atoms with van der Waals surface area (Å²) in [5.41, 5.74) is 4.66. The van der Waals surface area contributed by atoms with Gasteiger partial charge in [0.05, 0.1) is 5.02 Å². The Labute approximate surface area is 192 Å². The summed E-state index contributed by atoms with van der Waals surface area (Å²) in [6.45, 7) is 6.08. The fraction of sp³-hybridized carbons (Fsp3) is 0.154. The van der Waals surface area contributed by atoms with E-state index in [1.54, 1.807) is 13.0 Å². The van der Waals surface area contributed by atoms with E-state index in [4.69, 9.17) is 16.1 Å². The molecule has 1 heterocycles. The van der Waals surface area contributed by atoms with E-state index >= 15 is 0 Å². The van der Waals surface area contributed by atoms with Crippen molar-refractivity contribution in [2.24, 2.45) is 0 Å². The monoisotopic (exact) mass is 445 g/mol. The lowest BCUT2D eigenvalue weighted by atomic mass is 10.1. The van der Waals surface area contributed by atoms with E-state index < -0.39 is 0 Å². The van der Waals surface area contributed by atoms with Gasteiger partial charge in [-0.2, -0.15) is 0 Å². The Morgan fingerprint density at radius 1 is 0.875 bits per heavy atom. The Morgan fingerprint density at radius 2 is 1.47 bits per heavy atom. The molecule has 1 aromatic heterocycles. The van der Waals surface area contributed by atoms with Crippen molar-refractivity contribution >= 4 is 40.8 Å². The van der Waals surface area contributed by atoms with Gasteiger partial charge in [0.15, 0.2) is 5.76 Å². The van der Waals surface area contributed by atoms with Gasteiger partial charge in [-0.25, -0.2) is 0 Å². The van der Waals surface area contributed by atoms with Crippen molar-refractivity contribution in [2.45, 2.75) is 26.8 Å². The molecular formula is C26H24ClN3O2. The molecule has 32 heavy (non-hydrogen) atoms. The smallest absolute Gasteiger partial charge is 0.218 e. The molecule has 0 aliphatic carbocycles. The van der Waals surface area contributed by atoms with Crippen molar-refractivity contribution in [1.29, 1.82) is 0 Å². The average molecular weight is 446 g/mol. The standard InChI is InChI=1S/C26H24ClN3O2/c1-18(2)30(21-9-5-4-6-10-21)22-15-13-20(14-16-22)29(17-31)26-19(3)32-28-25(26)23-11-7-8-12-24(23)27/h4-18H,1-3H3. The highest BCUT2D eigenvalue weighted by Crippen LogP contribution is 2.40. The van der Waals surface area contributed by atoms with Gasteiger partial charge in [0, 0.05) is 28.7 Å². The molecule has 5 nitrogen and oxygen atoms in total. The molecule has 0 radical (unpaired) electrons. The van der Waals surface area contributed by atoms with E-state index in [0.717, 1.165) is 17.8 Å². The number of hydrogen-bond donors (Lipinski definition) is 0. The van der Waals surface area contributed by atoms with Gasteiger partial charge in [-0.1, -0.05) is 53.2 Å². The molecule has 162 valence electrons. The molecule has 6 heteroatoms. The third-order valence-electron chi connectivity index (χ3n) is 5.26. The maximum absolute atomic E-state index is 12.2. The van der Waals surface area contributed by atoms with Crippen molar-refractivity contribution in [2.75, 3.05) is 9.80 Å². The molecule has 0 fully saturated rings. The number of hydrogen-bond acceptors (Lipinski definition) is 4. The summed E-state index contributed by atoms with van der Waals surface area (Å²) in [6.07, 6.45) is 0.770. The van der Waals surface area contributed by atoms with Gasteiger partial charge in [0.2, 0.25) is 6.41 Å². The van der Waals surface area contributed by atoms with E-state index in [1.807, 2.05) is 60.7 Å². The zero-order valence-electron chi connectivity index (χ0n) is 18.2. The normalized spacial score (nSPS) is 10.9. The van der Waals surface area contributed by atoms with Crippen LogP contribution in [-0.4, -0.2) is 17.6 Å². The first kappa shape index (κ1) is 21.7. The second-order valence-electron chi connectivity index (χ2n) is 7.71. The zero-order chi connectivity index (χ0) is 22.7. The Kier molecular flexibility index (Phi) is 6.28. The van der Waals surface area contributed by atoms with Crippen LogP contribution in [0.4, 0.5) is 22.7 Å². The van der Waals surface area contributed by atoms with Crippen LogP contribution in [0.5, 0.6) is 0 Å². The van der Waals surface area contributed by atoms with Crippen LogP contribution in [0.1, 0.15) is 19.6 Å². The lowest BCUT2D eigenvalue weighted by Gasteiger charge is -2.29. The van der Waals surface area contributed by atoms with E-state index in [9.17, 15) is 4.79 Å². The lowest BCUT2D eigenvalue weighted by Crippen LogP contribution is -2.25. The van der Waals surface area contributed by atoms with E-state index in [2.05, 4.69) is 36.0 Å². The van der Waals surface area contributed by atoms with Gasteiger partial charge < -0.3 is 9.42 Å². The first-order valence-corrected chi connectivity index (χ1v) is 10.8. The first-order chi connectivity index (χ1) is 15.5. The lowest BCUT2D eigenvalue weighted by molar-refractivity contribution is -0.106. The van der Waals surface area contributed by atoms with Crippen molar-refractivity contribution in [3.8, 4) is 11.3 Å². The van der Waals surface area contributed by atoms with E-state index in [0.29, 0.717) is 33.4 Å². The van der Waals surface area contributed by atoms with Crippen LogP contribution in [-0.2, 0) is 4.79 Å². The highest BCUT2D eigenvalue weighted by molar-refractivity contribution is 6.33. The van der Waals surface area contributed by atoms with E-state index in [-0.39, 0.29) is 6.04 Å². The summed E-state index contributed by atoms with van der Waals surface area (Å²) in [4.78, 5) is 16.0. The van der Waals surface area contributed by atoms with Crippen LogP contribution in [0.2, 0.25) is 5.02 Å². The van der Waals surface area contributed by atoms with Gasteiger partial charge in [-0.3, -0.25) is 9.69 Å². The number of carbonyl (C=O) groups excluding carboxylic acids is 1.